The van der Waals surface area contributed by atoms with Crippen molar-refractivity contribution in [2.24, 2.45) is 5.41 Å². The Hall–Kier alpha value is 0.788. The summed E-state index contributed by atoms with van der Waals surface area (Å²) in [7, 11) is -6.44. The Morgan fingerprint density at radius 2 is 1.00 bits per heavy atom. The Kier molecular flexibility index (Phi) is 7.31. The van der Waals surface area contributed by atoms with Crippen LogP contribution in [0.1, 0.15) is 41.5 Å². The lowest BCUT2D eigenvalue weighted by atomic mass is 9.98. The molecule has 0 radical (unpaired) electrons. The summed E-state index contributed by atoms with van der Waals surface area (Å²) >= 11 is 0. The van der Waals surface area contributed by atoms with E-state index in [0.717, 1.165) is 0 Å². The van der Waals surface area contributed by atoms with Crippen LogP contribution in [0.25, 0.3) is 0 Å². The molecule has 0 amide bonds. The molecule has 0 bridgehead atoms. The summed E-state index contributed by atoms with van der Waals surface area (Å²) in [6.07, 6.45) is 0. The van der Waals surface area contributed by atoms with E-state index < -0.39 is 30.8 Å². The first-order valence-electron chi connectivity index (χ1n) is 9.52. The largest absolute Gasteiger partial charge is 0.416 e. The van der Waals surface area contributed by atoms with Crippen LogP contribution in [0.15, 0.2) is 0 Å². The van der Waals surface area contributed by atoms with Crippen molar-refractivity contribution >= 4 is 30.8 Å². The maximum absolute atomic E-state index is 7.07. The van der Waals surface area contributed by atoms with E-state index in [1.165, 1.54) is 0 Å². The fraction of sp³-hybridized carbons (Fsp3) is 1.00. The van der Waals surface area contributed by atoms with Crippen LogP contribution in [0.3, 0.4) is 0 Å². The molecular weight excluding hydrogens is 359 g/mol. The van der Waals surface area contributed by atoms with Crippen LogP contribution in [-0.4, -0.2) is 42.0 Å². The number of rotatable bonds is 6. The van der Waals surface area contributed by atoms with Crippen molar-refractivity contribution in [3.05, 3.63) is 0 Å². The topological polar surface area (TPSA) is 21.3 Å². The van der Waals surface area contributed by atoms with Crippen LogP contribution >= 0.6 is 0 Å². The molecule has 0 aromatic carbocycles. The molecule has 0 saturated heterocycles. The Morgan fingerprint density at radius 1 is 0.667 bits per heavy atom. The van der Waals surface area contributed by atoms with Gasteiger partial charge in [-0.3, -0.25) is 0 Å². The van der Waals surface area contributed by atoms with Crippen LogP contribution in [0, 0.1) is 5.41 Å². The summed E-state index contributed by atoms with van der Waals surface area (Å²) < 4.78 is 7.07. The highest BCUT2D eigenvalue weighted by molar-refractivity contribution is 7.68. The lowest BCUT2D eigenvalue weighted by Gasteiger charge is -2.61. The van der Waals surface area contributed by atoms with Crippen LogP contribution in [0.4, 0.5) is 0 Å². The summed E-state index contributed by atoms with van der Waals surface area (Å²) in [6.45, 7) is 36.9. The van der Waals surface area contributed by atoms with E-state index in [2.05, 4.69) is 105 Å². The fourth-order valence-electron chi connectivity index (χ4n) is 4.21. The SMILES string of the molecule is CC(C)(C)N[Si](C(O[Si](C)(C)C)C(C)(C)C)([Si](C)(C)C)[Si](C)(C)C. The Labute approximate surface area is 157 Å². The summed E-state index contributed by atoms with van der Waals surface area (Å²) in [5, 5.41) is 0. The minimum absolute atomic E-state index is 0.138. The van der Waals surface area contributed by atoms with Crippen molar-refractivity contribution in [2.75, 3.05) is 0 Å². The molecular formula is C18H47NOSi4. The predicted octanol–water partition coefficient (Wildman–Crippen LogP) is 5.96. The van der Waals surface area contributed by atoms with E-state index in [-0.39, 0.29) is 11.0 Å². The molecule has 0 aliphatic rings. The van der Waals surface area contributed by atoms with Gasteiger partial charge in [-0.05, 0) is 45.8 Å². The van der Waals surface area contributed by atoms with Gasteiger partial charge in [-0.1, -0.05) is 60.1 Å². The van der Waals surface area contributed by atoms with Gasteiger partial charge in [0.2, 0.25) is 0 Å². The maximum atomic E-state index is 7.07. The van der Waals surface area contributed by atoms with Gasteiger partial charge in [0.05, 0.1) is 20.9 Å². The molecule has 0 saturated carbocycles. The molecule has 0 heterocycles. The lowest BCUT2D eigenvalue weighted by molar-refractivity contribution is 0.140. The van der Waals surface area contributed by atoms with Crippen LogP contribution in [0.2, 0.25) is 58.9 Å². The second-order valence-electron chi connectivity index (χ2n) is 12.7. The molecule has 6 heteroatoms. The second kappa shape index (κ2) is 7.07. The zero-order chi connectivity index (χ0) is 20.0. The average Bonchev–Trinajstić information content (AvgIpc) is 2.14. The molecule has 1 atom stereocenters. The van der Waals surface area contributed by atoms with E-state index >= 15 is 0 Å². The van der Waals surface area contributed by atoms with Gasteiger partial charge >= 0.3 is 0 Å². The van der Waals surface area contributed by atoms with Gasteiger partial charge in [-0.2, -0.15) is 0 Å². The molecule has 1 unspecified atom stereocenters. The highest BCUT2D eigenvalue weighted by atomic mass is 29.6. The van der Waals surface area contributed by atoms with Crippen molar-refractivity contribution < 1.29 is 4.43 Å². The minimum atomic E-state index is -1.87. The quantitative estimate of drug-likeness (QED) is 0.550. The van der Waals surface area contributed by atoms with Crippen molar-refractivity contribution in [1.82, 2.24) is 4.98 Å². The standard InChI is InChI=1S/C18H47NOSi4/c1-17(2,3)16(20-21(7,8)9)24(22(10,11)12,23(13,14)15)19-18(4,5)6/h16,19H,1-15H3. The third kappa shape index (κ3) is 6.19. The Morgan fingerprint density at radius 3 is 1.17 bits per heavy atom. The molecule has 0 aliphatic heterocycles. The molecule has 0 aromatic heterocycles. The number of nitrogens with one attached hydrogen (secondary N) is 1. The van der Waals surface area contributed by atoms with Crippen molar-refractivity contribution in [1.29, 1.82) is 0 Å². The molecule has 0 aliphatic carbocycles. The van der Waals surface area contributed by atoms with Gasteiger partial charge in [-0.25, -0.2) is 0 Å². The van der Waals surface area contributed by atoms with E-state index in [4.69, 9.17) is 4.43 Å². The molecule has 0 aromatic rings. The second-order valence-corrected chi connectivity index (χ2v) is 43.7. The maximum Gasteiger partial charge on any atom is 0.183 e. The van der Waals surface area contributed by atoms with Gasteiger partial charge < -0.3 is 9.41 Å². The fourth-order valence-corrected chi connectivity index (χ4v) is 54.1. The smallest absolute Gasteiger partial charge is 0.183 e. The monoisotopic (exact) mass is 405 g/mol. The molecule has 24 heavy (non-hydrogen) atoms. The van der Waals surface area contributed by atoms with Gasteiger partial charge in [-0.15, -0.1) is 0 Å². The normalized spacial score (nSPS) is 17.1. The van der Waals surface area contributed by atoms with Crippen molar-refractivity contribution in [3.8, 4) is 0 Å². The minimum Gasteiger partial charge on any atom is -0.416 e. The Balaban J connectivity index is 6.72. The lowest BCUT2D eigenvalue weighted by Crippen LogP contribution is -2.89. The van der Waals surface area contributed by atoms with E-state index in [0.29, 0.717) is 5.73 Å². The van der Waals surface area contributed by atoms with Gasteiger partial charge in [0.25, 0.3) is 0 Å². The molecule has 0 rings (SSSR count). The van der Waals surface area contributed by atoms with Crippen molar-refractivity contribution in [3.63, 3.8) is 0 Å². The van der Waals surface area contributed by atoms with Crippen LogP contribution in [0.5, 0.6) is 0 Å². The van der Waals surface area contributed by atoms with Gasteiger partial charge in [0.1, 0.15) is 7.27 Å². The molecule has 0 fully saturated rings. The first-order chi connectivity index (χ1) is 10.0. The van der Waals surface area contributed by atoms with Crippen molar-refractivity contribution in [2.45, 2.75) is 112 Å². The summed E-state index contributed by atoms with van der Waals surface area (Å²) in [5.74, 6) is 0. The van der Waals surface area contributed by atoms with E-state index in [9.17, 15) is 0 Å². The van der Waals surface area contributed by atoms with Gasteiger partial charge in [0, 0.05) is 5.54 Å². The summed E-state index contributed by atoms with van der Waals surface area (Å²) in [5.41, 5.74) is 0.693. The van der Waals surface area contributed by atoms with E-state index in [1.54, 1.807) is 0 Å². The molecule has 146 valence electrons. The third-order valence-electron chi connectivity index (χ3n) is 4.59. The van der Waals surface area contributed by atoms with Gasteiger partial charge in [0.15, 0.2) is 8.32 Å². The molecule has 1 N–H and O–H groups in total. The van der Waals surface area contributed by atoms with Crippen LogP contribution < -0.4 is 4.98 Å². The molecule has 2 nitrogen and oxygen atoms in total. The highest BCUT2D eigenvalue weighted by Crippen LogP contribution is 2.41. The molecule has 0 spiro atoms. The zero-order valence-corrected chi connectivity index (χ0v) is 23.5. The van der Waals surface area contributed by atoms with Crippen LogP contribution in [-0.2, 0) is 4.43 Å². The number of hydrogen-bond acceptors (Lipinski definition) is 2. The highest BCUT2D eigenvalue weighted by Gasteiger charge is 2.64. The van der Waals surface area contributed by atoms with E-state index in [1.807, 2.05) is 0 Å². The average molecular weight is 406 g/mol. The Bertz CT molecular complexity index is 403. The zero-order valence-electron chi connectivity index (χ0n) is 19.5. The third-order valence-corrected chi connectivity index (χ3v) is 43.4. The predicted molar refractivity (Wildman–Crippen MR) is 123 cm³/mol. The first-order valence-corrected chi connectivity index (χ1v) is 24.0. The summed E-state index contributed by atoms with van der Waals surface area (Å²) in [4.78, 5) is 4.34. The summed E-state index contributed by atoms with van der Waals surface area (Å²) in [6, 6.07) is 0. The number of hydrogen-bond donors (Lipinski definition) is 1. The first kappa shape index (κ1) is 24.8.